The van der Waals surface area contributed by atoms with Gasteiger partial charge in [0, 0.05) is 36.0 Å². The van der Waals surface area contributed by atoms with Crippen LogP contribution in [0.4, 0.5) is 20.2 Å². The summed E-state index contributed by atoms with van der Waals surface area (Å²) in [6.45, 7) is 0.459. The highest BCUT2D eigenvalue weighted by atomic mass is 19.1. The number of nitrogens with zero attached hydrogens (tertiary/aromatic N) is 2. The first-order chi connectivity index (χ1) is 14.9. The fourth-order valence-electron chi connectivity index (χ4n) is 2.95. The number of nitrogens with two attached hydrogens (primary N) is 2. The zero-order valence-electron chi connectivity index (χ0n) is 16.5. The van der Waals surface area contributed by atoms with E-state index in [0.717, 1.165) is 17.3 Å². The third-order valence-corrected chi connectivity index (χ3v) is 4.64. The van der Waals surface area contributed by atoms with E-state index in [4.69, 9.17) is 16.7 Å². The molecule has 0 radical (unpaired) electrons. The van der Waals surface area contributed by atoms with Crippen LogP contribution in [-0.4, -0.2) is 11.7 Å². The van der Waals surface area contributed by atoms with Gasteiger partial charge in [-0.3, -0.25) is 4.79 Å². The zero-order chi connectivity index (χ0) is 22.4. The third-order valence-electron chi connectivity index (χ3n) is 4.64. The van der Waals surface area contributed by atoms with Crippen molar-refractivity contribution in [2.45, 2.75) is 19.4 Å². The Morgan fingerprint density at radius 1 is 1.16 bits per heavy atom. The number of halogens is 2. The Morgan fingerprint density at radius 2 is 1.90 bits per heavy atom. The summed E-state index contributed by atoms with van der Waals surface area (Å²) in [4.78, 5) is 12.4. The molecule has 0 aliphatic heterocycles. The van der Waals surface area contributed by atoms with Crippen LogP contribution in [0.3, 0.4) is 0 Å². The minimum Gasteiger partial charge on any atom is -0.398 e. The van der Waals surface area contributed by atoms with Crippen molar-refractivity contribution in [3.63, 3.8) is 0 Å². The van der Waals surface area contributed by atoms with Crippen molar-refractivity contribution in [3.8, 4) is 6.07 Å². The molecule has 2 aromatic rings. The summed E-state index contributed by atoms with van der Waals surface area (Å²) >= 11 is 0. The molecule has 0 bridgehead atoms. The van der Waals surface area contributed by atoms with Gasteiger partial charge in [0.25, 0.3) is 5.91 Å². The maximum Gasteiger partial charge on any atom is 0.273 e. The molecule has 9 heteroatoms. The van der Waals surface area contributed by atoms with Crippen LogP contribution in [0, 0.1) is 11.3 Å². The maximum atomic E-state index is 13.8. The molecule has 1 aliphatic carbocycles. The van der Waals surface area contributed by atoms with Gasteiger partial charge in [0.1, 0.15) is 17.5 Å². The van der Waals surface area contributed by atoms with Gasteiger partial charge >= 0.3 is 0 Å². The van der Waals surface area contributed by atoms with Crippen LogP contribution < -0.4 is 22.2 Å². The lowest BCUT2D eigenvalue weighted by Crippen LogP contribution is -2.26. The molecule has 0 spiro atoms. The molecule has 0 saturated carbocycles. The highest BCUT2D eigenvalue weighted by Gasteiger charge is 2.17. The quantitative estimate of drug-likeness (QED) is 0.245. The Labute approximate surface area is 177 Å². The highest BCUT2D eigenvalue weighted by Crippen LogP contribution is 2.25. The van der Waals surface area contributed by atoms with Crippen LogP contribution in [0.25, 0.3) is 0 Å². The van der Waals surface area contributed by atoms with Gasteiger partial charge < -0.3 is 16.8 Å². The molecule has 3 rings (SSSR count). The smallest absolute Gasteiger partial charge is 0.273 e. The van der Waals surface area contributed by atoms with Gasteiger partial charge in [0.15, 0.2) is 0 Å². The number of amides is 1. The van der Waals surface area contributed by atoms with Crippen LogP contribution in [0.2, 0.25) is 0 Å². The molecule has 0 aromatic heterocycles. The second-order valence-electron chi connectivity index (χ2n) is 6.82. The summed E-state index contributed by atoms with van der Waals surface area (Å²) in [6.07, 6.45) is 0.839. The minimum absolute atomic E-state index is 0.0256. The van der Waals surface area contributed by atoms with Gasteiger partial charge in [-0.15, -0.1) is 0 Å². The number of nitriles is 1. The van der Waals surface area contributed by atoms with E-state index in [-0.39, 0.29) is 35.5 Å². The number of allylic oxidation sites excluding steroid dienone is 3. The summed E-state index contributed by atoms with van der Waals surface area (Å²) in [7, 11) is 0. The van der Waals surface area contributed by atoms with Crippen molar-refractivity contribution in [2.75, 3.05) is 11.1 Å². The fraction of sp³-hybridized carbons (Fsp3) is 0.136. The number of hydrogen-bond acceptors (Lipinski definition) is 5. The second kappa shape index (κ2) is 9.54. The number of nitrogens with one attached hydrogen (secondary N) is 2. The molecular weight excluding hydrogens is 402 g/mol. The number of carbonyl (C=O) groups is 1. The molecule has 0 fully saturated rings. The second-order valence-corrected chi connectivity index (χ2v) is 6.82. The van der Waals surface area contributed by atoms with Gasteiger partial charge in [-0.25, -0.2) is 14.2 Å². The normalized spacial score (nSPS) is 14.0. The SMILES string of the molecule is N#Cc1ccc(NCc2ccc(C(=O)NN=C(N)C3=C(F)C=C(F)CC3)c(N)c2)cc1. The average Bonchev–Trinajstić information content (AvgIpc) is 2.76. The lowest BCUT2D eigenvalue weighted by Gasteiger charge is -2.12. The number of carbonyl (C=O) groups excluding carboxylic acids is 1. The number of benzene rings is 2. The molecule has 31 heavy (non-hydrogen) atoms. The van der Waals surface area contributed by atoms with E-state index in [1.807, 2.05) is 0 Å². The molecule has 1 amide bonds. The summed E-state index contributed by atoms with van der Waals surface area (Å²) in [6, 6.07) is 14.0. The number of amidine groups is 1. The Hall–Kier alpha value is -4.19. The molecular formula is C22H20F2N6O. The topological polar surface area (TPSA) is 129 Å². The van der Waals surface area contributed by atoms with Crippen LogP contribution in [0.15, 0.2) is 70.9 Å². The molecule has 2 aromatic carbocycles. The fourth-order valence-corrected chi connectivity index (χ4v) is 2.95. The minimum atomic E-state index is -0.808. The third kappa shape index (κ3) is 5.45. The Balaban J connectivity index is 1.63. The van der Waals surface area contributed by atoms with Crippen molar-refractivity contribution in [2.24, 2.45) is 10.8 Å². The average molecular weight is 422 g/mol. The molecule has 0 unspecified atom stereocenters. The molecule has 0 saturated heterocycles. The standard InChI is InChI=1S/C22H20F2N6O/c23-15-4-8-17(19(24)10-15)21(27)29-30-22(31)18-7-3-14(9-20(18)26)12-28-16-5-1-13(11-25)2-6-16/h1-3,5-7,9-10,28H,4,8,12,26H2,(H2,27,29)(H,30,31). The maximum absolute atomic E-state index is 13.8. The predicted molar refractivity (Wildman–Crippen MR) is 115 cm³/mol. The number of hydrazone groups is 1. The van der Waals surface area contributed by atoms with Crippen molar-refractivity contribution >= 4 is 23.1 Å². The number of anilines is 2. The first kappa shape index (κ1) is 21.5. The van der Waals surface area contributed by atoms with E-state index >= 15 is 0 Å². The molecule has 1 aliphatic rings. The molecule has 158 valence electrons. The zero-order valence-corrected chi connectivity index (χ0v) is 16.5. The summed E-state index contributed by atoms with van der Waals surface area (Å²) in [5, 5.41) is 15.7. The molecule has 6 N–H and O–H groups in total. The van der Waals surface area contributed by atoms with Crippen LogP contribution >= 0.6 is 0 Å². The van der Waals surface area contributed by atoms with Crippen molar-refractivity contribution < 1.29 is 13.6 Å². The Bertz CT molecular complexity index is 1130. The number of nitrogen functional groups attached to an aromatic ring is 1. The van der Waals surface area contributed by atoms with Gasteiger partial charge in [0.05, 0.1) is 17.2 Å². The first-order valence-electron chi connectivity index (χ1n) is 9.38. The predicted octanol–water partition coefficient (Wildman–Crippen LogP) is 3.63. The van der Waals surface area contributed by atoms with E-state index < -0.39 is 17.6 Å². The summed E-state index contributed by atoms with van der Waals surface area (Å²) in [5.41, 5.74) is 16.7. The van der Waals surface area contributed by atoms with Gasteiger partial charge in [-0.1, -0.05) is 6.07 Å². The lowest BCUT2D eigenvalue weighted by molar-refractivity contribution is 0.0955. The van der Waals surface area contributed by atoms with Crippen molar-refractivity contribution in [1.29, 1.82) is 5.26 Å². The Kier molecular flexibility index (Phi) is 6.62. The van der Waals surface area contributed by atoms with Gasteiger partial charge in [-0.05, 0) is 48.4 Å². The number of rotatable bonds is 6. The van der Waals surface area contributed by atoms with E-state index in [2.05, 4.69) is 21.9 Å². The van der Waals surface area contributed by atoms with E-state index in [1.54, 1.807) is 42.5 Å². The van der Waals surface area contributed by atoms with Crippen LogP contribution in [0.1, 0.15) is 34.3 Å². The van der Waals surface area contributed by atoms with Crippen molar-refractivity contribution in [1.82, 2.24) is 5.43 Å². The summed E-state index contributed by atoms with van der Waals surface area (Å²) in [5.74, 6) is -2.21. The molecule has 0 atom stereocenters. The van der Waals surface area contributed by atoms with Gasteiger partial charge in [0.2, 0.25) is 0 Å². The highest BCUT2D eigenvalue weighted by molar-refractivity contribution is 6.02. The van der Waals surface area contributed by atoms with E-state index in [1.165, 1.54) is 0 Å². The number of hydrogen-bond donors (Lipinski definition) is 4. The van der Waals surface area contributed by atoms with Gasteiger partial charge in [-0.2, -0.15) is 10.4 Å². The molecule has 7 nitrogen and oxygen atoms in total. The van der Waals surface area contributed by atoms with E-state index in [0.29, 0.717) is 12.1 Å². The monoisotopic (exact) mass is 422 g/mol. The van der Waals surface area contributed by atoms with Crippen LogP contribution in [-0.2, 0) is 6.54 Å². The first-order valence-corrected chi connectivity index (χ1v) is 9.38. The van der Waals surface area contributed by atoms with E-state index in [9.17, 15) is 13.6 Å². The molecule has 0 heterocycles. The lowest BCUT2D eigenvalue weighted by atomic mass is 10.0. The largest absolute Gasteiger partial charge is 0.398 e. The van der Waals surface area contributed by atoms with Crippen LogP contribution in [0.5, 0.6) is 0 Å². The Morgan fingerprint density at radius 3 is 2.55 bits per heavy atom. The summed E-state index contributed by atoms with van der Waals surface area (Å²) < 4.78 is 26.9. The van der Waals surface area contributed by atoms with Crippen molar-refractivity contribution in [3.05, 3.63) is 82.5 Å².